The zero-order chi connectivity index (χ0) is 21.5. The second-order valence-corrected chi connectivity index (χ2v) is 8.53. The second kappa shape index (κ2) is 7.80. The number of carbonyl (C=O) groups excluding carboxylic acids is 1. The molecule has 0 radical (unpaired) electrons. The van der Waals surface area contributed by atoms with Crippen molar-refractivity contribution in [2.24, 2.45) is 0 Å². The number of hydrogen-bond donors (Lipinski definition) is 3. The Labute approximate surface area is 181 Å². The fraction of sp³-hybridized carbons (Fsp3) is 0.240. The van der Waals surface area contributed by atoms with E-state index in [0.29, 0.717) is 11.3 Å². The summed E-state index contributed by atoms with van der Waals surface area (Å²) in [5.74, 6) is -0.740. The highest BCUT2D eigenvalue weighted by atomic mass is 19.1. The lowest BCUT2D eigenvalue weighted by atomic mass is 9.74. The maximum atomic E-state index is 14.3. The number of nitrogens with one attached hydrogen (secondary N) is 3. The summed E-state index contributed by atoms with van der Waals surface area (Å²) in [6.45, 7) is 0.870. The lowest BCUT2D eigenvalue weighted by molar-refractivity contribution is 0.0898. The van der Waals surface area contributed by atoms with Gasteiger partial charge < -0.3 is 10.2 Å². The number of amides is 1. The summed E-state index contributed by atoms with van der Waals surface area (Å²) in [6, 6.07) is 21.3. The first-order valence-corrected chi connectivity index (χ1v) is 10.5. The van der Waals surface area contributed by atoms with Crippen LogP contribution in [-0.4, -0.2) is 24.9 Å². The van der Waals surface area contributed by atoms with Crippen molar-refractivity contribution in [2.45, 2.75) is 24.5 Å². The van der Waals surface area contributed by atoms with E-state index in [1.807, 2.05) is 18.2 Å². The van der Waals surface area contributed by atoms with Crippen LogP contribution in [0.3, 0.4) is 0 Å². The Kier molecular flexibility index (Phi) is 4.96. The van der Waals surface area contributed by atoms with E-state index in [1.165, 1.54) is 17.7 Å². The van der Waals surface area contributed by atoms with E-state index in [1.54, 1.807) is 0 Å². The van der Waals surface area contributed by atoms with E-state index < -0.39 is 5.82 Å². The number of rotatable bonds is 4. The summed E-state index contributed by atoms with van der Waals surface area (Å²) in [6.07, 6.45) is 0. The van der Waals surface area contributed by atoms with Gasteiger partial charge in [-0.2, -0.15) is 0 Å². The lowest BCUT2D eigenvalue weighted by Crippen LogP contribution is -2.50. The first-order chi connectivity index (χ1) is 15.0. The maximum Gasteiger partial charge on any atom is 0.265 e. The number of carbonyl (C=O) groups is 1. The van der Waals surface area contributed by atoms with Crippen molar-refractivity contribution in [1.82, 2.24) is 15.8 Å². The first kappa shape index (κ1) is 19.7. The number of nitrogens with zero attached hydrogens (tertiary/aromatic N) is 1. The van der Waals surface area contributed by atoms with Gasteiger partial charge in [0, 0.05) is 23.7 Å². The molecular formula is C25H25FN4O. The van der Waals surface area contributed by atoms with Gasteiger partial charge in [-0.05, 0) is 42.9 Å². The van der Waals surface area contributed by atoms with Gasteiger partial charge in [-0.1, -0.05) is 54.6 Å². The number of benzene rings is 3. The highest BCUT2D eigenvalue weighted by molar-refractivity contribution is 5.98. The van der Waals surface area contributed by atoms with Gasteiger partial charge in [0.1, 0.15) is 5.82 Å². The number of hydrogen-bond acceptors (Lipinski definition) is 4. The van der Waals surface area contributed by atoms with Crippen molar-refractivity contribution in [3.8, 4) is 0 Å². The molecule has 2 aliphatic rings. The van der Waals surface area contributed by atoms with Crippen molar-refractivity contribution < 1.29 is 9.18 Å². The molecule has 5 nitrogen and oxygen atoms in total. The third kappa shape index (κ3) is 3.58. The van der Waals surface area contributed by atoms with Gasteiger partial charge in [0.15, 0.2) is 0 Å². The predicted molar refractivity (Wildman–Crippen MR) is 119 cm³/mol. The zero-order valence-electron chi connectivity index (χ0n) is 17.5. The fourth-order valence-electron chi connectivity index (χ4n) is 4.81. The summed E-state index contributed by atoms with van der Waals surface area (Å²) in [5.41, 5.74) is 11.3. The molecule has 0 saturated carbocycles. The van der Waals surface area contributed by atoms with Gasteiger partial charge in [-0.25, -0.2) is 9.82 Å². The molecule has 0 aliphatic carbocycles. The minimum atomic E-state index is -0.421. The molecule has 0 saturated heterocycles. The van der Waals surface area contributed by atoms with Crippen molar-refractivity contribution in [3.05, 3.63) is 100 Å². The molecule has 5 rings (SSSR count). The molecule has 6 heteroatoms. The minimum absolute atomic E-state index is 0.00637. The fourth-order valence-corrected chi connectivity index (χ4v) is 4.81. The maximum absolute atomic E-state index is 14.3. The third-order valence-corrected chi connectivity index (χ3v) is 6.09. The van der Waals surface area contributed by atoms with Gasteiger partial charge in [0.25, 0.3) is 5.91 Å². The number of hydrazine groups is 1. The van der Waals surface area contributed by atoms with Crippen LogP contribution in [0.2, 0.25) is 0 Å². The van der Waals surface area contributed by atoms with E-state index in [2.05, 4.69) is 71.6 Å². The number of halogens is 1. The summed E-state index contributed by atoms with van der Waals surface area (Å²) < 4.78 is 14.3. The van der Waals surface area contributed by atoms with E-state index in [0.717, 1.165) is 23.2 Å². The van der Waals surface area contributed by atoms with Gasteiger partial charge in [-0.3, -0.25) is 10.2 Å². The van der Waals surface area contributed by atoms with Crippen molar-refractivity contribution >= 4 is 11.6 Å². The smallest absolute Gasteiger partial charge is 0.265 e. The topological polar surface area (TPSA) is 56.4 Å². The molecule has 158 valence electrons. The van der Waals surface area contributed by atoms with Crippen LogP contribution in [0.15, 0.2) is 66.7 Å². The molecule has 0 bridgehead atoms. The van der Waals surface area contributed by atoms with Crippen LogP contribution in [-0.2, 0) is 6.54 Å². The van der Waals surface area contributed by atoms with Crippen LogP contribution >= 0.6 is 0 Å². The van der Waals surface area contributed by atoms with Crippen LogP contribution in [0, 0.1) is 5.82 Å². The molecule has 3 unspecified atom stereocenters. The molecule has 0 fully saturated rings. The van der Waals surface area contributed by atoms with Gasteiger partial charge >= 0.3 is 0 Å². The van der Waals surface area contributed by atoms with Crippen LogP contribution < -0.4 is 16.2 Å². The molecule has 3 atom stereocenters. The highest BCUT2D eigenvalue weighted by Crippen LogP contribution is 2.50. The zero-order valence-corrected chi connectivity index (χ0v) is 17.5. The van der Waals surface area contributed by atoms with Crippen LogP contribution in [0.4, 0.5) is 10.1 Å². The largest absolute Gasteiger partial charge is 0.377 e. The van der Waals surface area contributed by atoms with E-state index >= 15 is 0 Å². The van der Waals surface area contributed by atoms with Crippen LogP contribution in [0.1, 0.15) is 50.6 Å². The SMILES string of the molecule is CN(C)Cc1ccc(C2C(c3ccccc3)Nc3cc(F)cc4c3C2NNC4=O)cc1. The Morgan fingerprint density at radius 2 is 1.68 bits per heavy atom. The summed E-state index contributed by atoms with van der Waals surface area (Å²) in [4.78, 5) is 14.6. The van der Waals surface area contributed by atoms with Gasteiger partial charge in [0.2, 0.25) is 0 Å². The number of anilines is 1. The second-order valence-electron chi connectivity index (χ2n) is 8.53. The van der Waals surface area contributed by atoms with Crippen LogP contribution in [0.5, 0.6) is 0 Å². The van der Waals surface area contributed by atoms with Crippen LogP contribution in [0.25, 0.3) is 0 Å². The molecule has 1 amide bonds. The lowest BCUT2D eigenvalue weighted by Gasteiger charge is -2.44. The monoisotopic (exact) mass is 416 g/mol. The summed E-state index contributed by atoms with van der Waals surface area (Å²) in [7, 11) is 4.10. The van der Waals surface area contributed by atoms with Gasteiger partial charge in [0.05, 0.1) is 17.6 Å². The summed E-state index contributed by atoms with van der Waals surface area (Å²) in [5, 5.41) is 3.54. The Morgan fingerprint density at radius 1 is 0.935 bits per heavy atom. The summed E-state index contributed by atoms with van der Waals surface area (Å²) >= 11 is 0. The Morgan fingerprint density at radius 3 is 2.39 bits per heavy atom. The first-order valence-electron chi connectivity index (χ1n) is 10.5. The molecule has 2 aliphatic heterocycles. The van der Waals surface area contributed by atoms with E-state index in [9.17, 15) is 9.18 Å². The predicted octanol–water partition coefficient (Wildman–Crippen LogP) is 4.13. The third-order valence-electron chi connectivity index (χ3n) is 6.09. The van der Waals surface area contributed by atoms with Crippen molar-refractivity contribution in [1.29, 1.82) is 0 Å². The van der Waals surface area contributed by atoms with Crippen molar-refractivity contribution in [3.63, 3.8) is 0 Å². The quantitative estimate of drug-likeness (QED) is 0.599. The van der Waals surface area contributed by atoms with Gasteiger partial charge in [-0.15, -0.1) is 0 Å². The standard InChI is InChI=1S/C25H25FN4O/c1-30(2)14-15-8-10-16(11-9-15)21-23(17-6-4-3-5-7-17)27-20-13-18(26)12-19-22(20)24(21)28-29-25(19)31/h3-13,21,23-24,27-28H,14H2,1-2H3,(H,29,31). The van der Waals surface area contributed by atoms with Crippen molar-refractivity contribution in [2.75, 3.05) is 19.4 Å². The molecule has 0 aromatic heterocycles. The average Bonchev–Trinajstić information content (AvgIpc) is 2.76. The Balaban J connectivity index is 1.64. The molecule has 3 aromatic carbocycles. The average molecular weight is 417 g/mol. The minimum Gasteiger partial charge on any atom is -0.377 e. The molecule has 31 heavy (non-hydrogen) atoms. The van der Waals surface area contributed by atoms with E-state index in [4.69, 9.17) is 0 Å². The molecule has 3 aromatic rings. The normalized spacial score (nSPS) is 21.9. The molecular weight excluding hydrogens is 391 g/mol. The molecule has 0 spiro atoms. The highest BCUT2D eigenvalue weighted by Gasteiger charge is 2.43. The Bertz CT molecular complexity index is 1110. The van der Waals surface area contributed by atoms with E-state index in [-0.39, 0.29) is 23.9 Å². The molecule has 2 heterocycles. The molecule has 3 N–H and O–H groups in total. The Hall–Kier alpha value is -3.22.